The minimum Gasteiger partial charge on any atom is -0.350 e. The van der Waals surface area contributed by atoms with Crippen LogP contribution in [0.3, 0.4) is 0 Å². The molecule has 2 rings (SSSR count). The molecule has 0 saturated carbocycles. The lowest BCUT2D eigenvalue weighted by molar-refractivity contribution is -0.116. The van der Waals surface area contributed by atoms with Crippen molar-refractivity contribution in [3.05, 3.63) is 64.1 Å². The highest BCUT2D eigenvalue weighted by molar-refractivity contribution is 9.10. The number of benzene rings is 2. The second kappa shape index (κ2) is 7.92. The van der Waals surface area contributed by atoms with Gasteiger partial charge in [0.2, 0.25) is 5.91 Å². The molecule has 2 amide bonds. The fourth-order valence-corrected chi connectivity index (χ4v) is 2.70. The molecule has 0 fully saturated rings. The molecule has 0 aliphatic carbocycles. The minimum atomic E-state index is -0.124. The molecule has 0 radical (unpaired) electrons. The van der Waals surface area contributed by atoms with Gasteiger partial charge in [0, 0.05) is 35.7 Å². The number of halogens is 1. The third-order valence-corrected chi connectivity index (χ3v) is 4.00. The molecule has 0 saturated heterocycles. The summed E-state index contributed by atoms with van der Waals surface area (Å²) in [5, 5.41) is 2.86. The first-order valence-corrected chi connectivity index (χ1v) is 8.16. The molecule has 0 aliphatic heterocycles. The third kappa shape index (κ3) is 4.66. The van der Waals surface area contributed by atoms with Crippen LogP contribution in [0.2, 0.25) is 0 Å². The average Bonchev–Trinajstić information content (AvgIpc) is 2.51. The van der Waals surface area contributed by atoms with Gasteiger partial charge in [-0.15, -0.1) is 0 Å². The summed E-state index contributed by atoms with van der Waals surface area (Å²) in [7, 11) is 0. The third-order valence-electron chi connectivity index (χ3n) is 3.51. The van der Waals surface area contributed by atoms with Crippen molar-refractivity contribution in [1.82, 2.24) is 5.32 Å². The number of carbonyl (C=O) groups is 2. The van der Waals surface area contributed by atoms with Crippen molar-refractivity contribution in [2.75, 3.05) is 18.0 Å². The lowest BCUT2D eigenvalue weighted by Crippen LogP contribution is -2.37. The van der Waals surface area contributed by atoms with E-state index in [2.05, 4.69) is 21.2 Å². The van der Waals surface area contributed by atoms with Gasteiger partial charge in [0.15, 0.2) is 0 Å². The van der Waals surface area contributed by atoms with Crippen LogP contribution in [0.4, 0.5) is 5.69 Å². The zero-order valence-electron chi connectivity index (χ0n) is 13.2. The molecule has 23 heavy (non-hydrogen) atoms. The number of carbonyl (C=O) groups excluding carboxylic acids is 2. The maximum atomic E-state index is 12.2. The van der Waals surface area contributed by atoms with E-state index in [0.717, 1.165) is 15.7 Å². The van der Waals surface area contributed by atoms with Gasteiger partial charge in [-0.2, -0.15) is 0 Å². The Morgan fingerprint density at radius 2 is 1.87 bits per heavy atom. The van der Waals surface area contributed by atoms with E-state index in [0.29, 0.717) is 18.7 Å². The Morgan fingerprint density at radius 1 is 1.13 bits per heavy atom. The summed E-state index contributed by atoms with van der Waals surface area (Å²) >= 11 is 3.40. The first-order valence-electron chi connectivity index (χ1n) is 7.36. The summed E-state index contributed by atoms with van der Waals surface area (Å²) in [6, 6.07) is 15.0. The van der Waals surface area contributed by atoms with Gasteiger partial charge in [-0.3, -0.25) is 9.59 Å². The number of anilines is 1. The molecule has 0 atom stereocenters. The van der Waals surface area contributed by atoms with Crippen molar-refractivity contribution in [3.63, 3.8) is 0 Å². The maximum Gasteiger partial charge on any atom is 0.251 e. The van der Waals surface area contributed by atoms with E-state index in [1.807, 2.05) is 49.4 Å². The van der Waals surface area contributed by atoms with E-state index in [9.17, 15) is 9.59 Å². The quantitative estimate of drug-likeness (QED) is 0.869. The number of aryl methyl sites for hydroxylation is 1. The van der Waals surface area contributed by atoms with Crippen molar-refractivity contribution >= 4 is 33.4 Å². The fraction of sp³-hybridized carbons (Fsp3) is 0.222. The summed E-state index contributed by atoms with van der Waals surface area (Å²) in [6.45, 7) is 4.23. The molecule has 0 aromatic heterocycles. The molecule has 2 aromatic rings. The van der Waals surface area contributed by atoms with Crippen LogP contribution < -0.4 is 10.2 Å². The SMILES string of the molecule is CC(=O)N(CCNC(=O)c1ccccc1C)c1cccc(Br)c1. The number of amides is 2. The normalized spacial score (nSPS) is 10.2. The molecule has 0 bridgehead atoms. The maximum absolute atomic E-state index is 12.2. The predicted octanol–water partition coefficient (Wildman–Crippen LogP) is 3.54. The molecule has 4 nitrogen and oxygen atoms in total. The van der Waals surface area contributed by atoms with E-state index in [1.54, 1.807) is 11.0 Å². The van der Waals surface area contributed by atoms with Crippen LogP contribution in [0.25, 0.3) is 0 Å². The van der Waals surface area contributed by atoms with E-state index < -0.39 is 0 Å². The van der Waals surface area contributed by atoms with Crippen LogP contribution in [-0.4, -0.2) is 24.9 Å². The van der Waals surface area contributed by atoms with Gasteiger partial charge in [0.1, 0.15) is 0 Å². The predicted molar refractivity (Wildman–Crippen MR) is 95.7 cm³/mol. The molecule has 2 aromatic carbocycles. The van der Waals surface area contributed by atoms with Gasteiger partial charge in [-0.05, 0) is 36.8 Å². The Balaban J connectivity index is 1.99. The first kappa shape index (κ1) is 17.2. The van der Waals surface area contributed by atoms with Crippen LogP contribution in [-0.2, 0) is 4.79 Å². The lowest BCUT2D eigenvalue weighted by Gasteiger charge is -2.21. The first-order chi connectivity index (χ1) is 11.0. The van der Waals surface area contributed by atoms with Crippen molar-refractivity contribution in [1.29, 1.82) is 0 Å². The highest BCUT2D eigenvalue weighted by Crippen LogP contribution is 2.19. The van der Waals surface area contributed by atoms with Gasteiger partial charge in [0.25, 0.3) is 5.91 Å². The Labute approximate surface area is 144 Å². The molecule has 0 aliphatic rings. The number of nitrogens with one attached hydrogen (secondary N) is 1. The topological polar surface area (TPSA) is 49.4 Å². The van der Waals surface area contributed by atoms with E-state index >= 15 is 0 Å². The Morgan fingerprint density at radius 3 is 2.52 bits per heavy atom. The van der Waals surface area contributed by atoms with Gasteiger partial charge in [-0.1, -0.05) is 40.2 Å². The van der Waals surface area contributed by atoms with Gasteiger partial charge in [-0.25, -0.2) is 0 Å². The summed E-state index contributed by atoms with van der Waals surface area (Å²) in [5.41, 5.74) is 2.39. The van der Waals surface area contributed by atoms with E-state index in [-0.39, 0.29) is 11.8 Å². The van der Waals surface area contributed by atoms with Crippen LogP contribution in [0.15, 0.2) is 53.0 Å². The largest absolute Gasteiger partial charge is 0.350 e. The van der Waals surface area contributed by atoms with E-state index in [1.165, 1.54) is 6.92 Å². The van der Waals surface area contributed by atoms with Crippen LogP contribution in [0.5, 0.6) is 0 Å². The number of rotatable bonds is 5. The summed E-state index contributed by atoms with van der Waals surface area (Å²) in [4.78, 5) is 25.7. The van der Waals surface area contributed by atoms with Gasteiger partial charge < -0.3 is 10.2 Å². The minimum absolute atomic E-state index is 0.0618. The van der Waals surface area contributed by atoms with Crippen molar-refractivity contribution in [2.24, 2.45) is 0 Å². The zero-order chi connectivity index (χ0) is 16.8. The number of hydrogen-bond acceptors (Lipinski definition) is 2. The average molecular weight is 375 g/mol. The number of nitrogens with zero attached hydrogens (tertiary/aromatic N) is 1. The smallest absolute Gasteiger partial charge is 0.251 e. The molecular weight excluding hydrogens is 356 g/mol. The second-order valence-corrected chi connectivity index (χ2v) is 6.14. The zero-order valence-corrected chi connectivity index (χ0v) is 14.8. The lowest BCUT2D eigenvalue weighted by atomic mass is 10.1. The molecule has 0 spiro atoms. The Kier molecular flexibility index (Phi) is 5.93. The molecular formula is C18H19BrN2O2. The van der Waals surface area contributed by atoms with Gasteiger partial charge in [0.05, 0.1) is 0 Å². The summed E-state index contributed by atoms with van der Waals surface area (Å²) in [5.74, 6) is -0.186. The molecule has 120 valence electrons. The summed E-state index contributed by atoms with van der Waals surface area (Å²) in [6.07, 6.45) is 0. The number of hydrogen-bond donors (Lipinski definition) is 1. The van der Waals surface area contributed by atoms with Gasteiger partial charge >= 0.3 is 0 Å². The van der Waals surface area contributed by atoms with Crippen LogP contribution >= 0.6 is 15.9 Å². The van der Waals surface area contributed by atoms with Crippen LogP contribution in [0.1, 0.15) is 22.8 Å². The monoisotopic (exact) mass is 374 g/mol. The second-order valence-electron chi connectivity index (χ2n) is 5.22. The van der Waals surface area contributed by atoms with Crippen molar-refractivity contribution in [2.45, 2.75) is 13.8 Å². The molecule has 5 heteroatoms. The highest BCUT2D eigenvalue weighted by Gasteiger charge is 2.13. The fourth-order valence-electron chi connectivity index (χ4n) is 2.32. The molecule has 1 N–H and O–H groups in total. The molecule has 0 unspecified atom stereocenters. The van der Waals surface area contributed by atoms with Crippen molar-refractivity contribution < 1.29 is 9.59 Å². The Bertz CT molecular complexity index is 716. The summed E-state index contributed by atoms with van der Waals surface area (Å²) < 4.78 is 0.908. The van der Waals surface area contributed by atoms with Crippen LogP contribution in [0, 0.1) is 6.92 Å². The standard InChI is InChI=1S/C18H19BrN2O2/c1-13-6-3-4-9-17(13)18(23)20-10-11-21(14(2)22)16-8-5-7-15(19)12-16/h3-9,12H,10-11H2,1-2H3,(H,20,23). The molecule has 0 heterocycles. The Hall–Kier alpha value is -2.14. The van der Waals surface area contributed by atoms with Crippen molar-refractivity contribution in [3.8, 4) is 0 Å². The van der Waals surface area contributed by atoms with E-state index in [4.69, 9.17) is 0 Å². The highest BCUT2D eigenvalue weighted by atomic mass is 79.9.